The zero-order valence-corrected chi connectivity index (χ0v) is 20.9. The Balaban J connectivity index is 1.62. The normalized spacial score (nSPS) is 23.4. The number of nitrogens with zero attached hydrogens (tertiary/aromatic N) is 1. The molecule has 0 radical (unpaired) electrons. The van der Waals surface area contributed by atoms with Gasteiger partial charge in [0.1, 0.15) is 0 Å². The molecule has 7 nitrogen and oxygen atoms in total. The lowest BCUT2D eigenvalue weighted by Crippen LogP contribution is -2.48. The quantitative estimate of drug-likeness (QED) is 0.447. The van der Waals surface area contributed by atoms with E-state index in [0.29, 0.717) is 28.9 Å². The Morgan fingerprint density at radius 3 is 2.63 bits per heavy atom. The molecule has 0 aromatic heterocycles. The lowest BCUT2D eigenvalue weighted by molar-refractivity contribution is -0.139. The van der Waals surface area contributed by atoms with Gasteiger partial charge in [-0.15, -0.1) is 0 Å². The van der Waals surface area contributed by atoms with Gasteiger partial charge in [-0.05, 0) is 61.6 Å². The molecule has 0 spiro atoms. The fraction of sp³-hybridized carbons (Fsp3) is 0.407. The smallest absolute Gasteiger partial charge is 0.341 e. The van der Waals surface area contributed by atoms with E-state index in [-0.39, 0.29) is 17.4 Å². The highest BCUT2D eigenvalue weighted by Crippen LogP contribution is 2.42. The number of rotatable bonds is 9. The maximum Gasteiger partial charge on any atom is 0.341 e. The number of hydrogen-bond acceptors (Lipinski definition) is 6. The summed E-state index contributed by atoms with van der Waals surface area (Å²) in [5.41, 5.74) is 1.58. The average Bonchev–Trinajstić information content (AvgIpc) is 3.14. The molecule has 2 fully saturated rings. The van der Waals surface area contributed by atoms with Crippen LogP contribution in [0.25, 0.3) is 6.08 Å². The van der Waals surface area contributed by atoms with Crippen molar-refractivity contribution in [1.29, 1.82) is 0 Å². The third kappa shape index (κ3) is 6.11. The molecule has 1 heterocycles. The van der Waals surface area contributed by atoms with E-state index in [0.717, 1.165) is 30.5 Å². The molecule has 1 saturated carbocycles. The summed E-state index contributed by atoms with van der Waals surface area (Å²) in [6.07, 6.45) is 6.37. The number of nitrogens with one attached hydrogen (secondary N) is 1. The van der Waals surface area contributed by atoms with Gasteiger partial charge in [0.05, 0.1) is 11.5 Å². The second-order valence-corrected chi connectivity index (χ2v) is 9.97. The number of anilines is 1. The number of thioether (sulfide) groups is 1. The van der Waals surface area contributed by atoms with Crippen molar-refractivity contribution in [1.82, 2.24) is 4.90 Å². The van der Waals surface area contributed by atoms with Gasteiger partial charge in [-0.1, -0.05) is 55.8 Å². The first-order chi connectivity index (χ1) is 17.0. The molecular formula is C27H32N2O5S. The van der Waals surface area contributed by atoms with Gasteiger partial charge in [0, 0.05) is 11.7 Å². The fourth-order valence-corrected chi connectivity index (χ4v) is 5.87. The first-order valence-electron chi connectivity index (χ1n) is 12.1. The molecule has 35 heavy (non-hydrogen) atoms. The molecule has 1 unspecified atom stereocenters. The number of carboxylic acids is 1. The van der Waals surface area contributed by atoms with Gasteiger partial charge in [0.15, 0.2) is 23.6 Å². The van der Waals surface area contributed by atoms with E-state index >= 15 is 0 Å². The van der Waals surface area contributed by atoms with Crippen LogP contribution in [-0.2, 0) is 9.59 Å². The maximum atomic E-state index is 13.7. The minimum absolute atomic E-state index is 0.0337. The second kappa shape index (κ2) is 11.5. The predicted octanol–water partition coefficient (Wildman–Crippen LogP) is 5.44. The molecule has 0 bridgehead atoms. The van der Waals surface area contributed by atoms with Crippen molar-refractivity contribution in [3.8, 4) is 11.5 Å². The molecule has 2 aliphatic rings. The minimum atomic E-state index is -1.06. The highest BCUT2D eigenvalue weighted by Gasteiger charge is 2.42. The number of carbonyl (C=O) groups is 2. The minimum Gasteiger partial charge on any atom is -0.490 e. The largest absolute Gasteiger partial charge is 0.490 e. The Hall–Kier alpha value is -3.13. The Morgan fingerprint density at radius 1 is 1.14 bits per heavy atom. The van der Waals surface area contributed by atoms with Gasteiger partial charge < -0.3 is 24.8 Å². The molecule has 3 atom stereocenters. The molecule has 2 aromatic carbocycles. The van der Waals surface area contributed by atoms with Crippen molar-refractivity contribution in [2.45, 2.75) is 51.1 Å². The molecule has 1 aliphatic carbocycles. The number of para-hydroxylation sites is 1. The number of benzene rings is 2. The van der Waals surface area contributed by atoms with Crippen molar-refractivity contribution < 1.29 is 24.2 Å². The van der Waals surface area contributed by atoms with E-state index in [1.807, 2.05) is 54.3 Å². The SMILES string of the molecule is CCOc1cc(/C=C2\SC(Nc3ccccc3)N([C@@H]3CCCC[C@H]3C)C2=O)ccc1OCC(=O)O. The number of amides is 1. The van der Waals surface area contributed by atoms with E-state index in [1.54, 1.807) is 12.1 Å². The second-order valence-electron chi connectivity index (χ2n) is 8.85. The summed E-state index contributed by atoms with van der Waals surface area (Å²) in [6, 6.07) is 15.4. The van der Waals surface area contributed by atoms with Crippen LogP contribution in [0.2, 0.25) is 0 Å². The van der Waals surface area contributed by atoms with E-state index < -0.39 is 12.6 Å². The summed E-state index contributed by atoms with van der Waals surface area (Å²) in [4.78, 5) is 27.3. The Bertz CT molecular complexity index is 1070. The number of ether oxygens (including phenoxy) is 2. The molecule has 2 aromatic rings. The first kappa shape index (κ1) is 25.0. The molecule has 8 heteroatoms. The van der Waals surface area contributed by atoms with Crippen LogP contribution in [0, 0.1) is 5.92 Å². The van der Waals surface area contributed by atoms with Crippen LogP contribution in [0.4, 0.5) is 5.69 Å². The van der Waals surface area contributed by atoms with Crippen LogP contribution >= 0.6 is 11.8 Å². The summed E-state index contributed by atoms with van der Waals surface area (Å²) in [5, 5.41) is 12.5. The molecule has 1 saturated heterocycles. The number of carboxylic acid groups (broad SMARTS) is 1. The lowest BCUT2D eigenvalue weighted by atomic mass is 9.85. The van der Waals surface area contributed by atoms with Gasteiger partial charge in [-0.2, -0.15) is 0 Å². The van der Waals surface area contributed by atoms with Gasteiger partial charge in [0.25, 0.3) is 5.91 Å². The highest BCUT2D eigenvalue weighted by molar-refractivity contribution is 8.05. The monoisotopic (exact) mass is 496 g/mol. The molecule has 186 valence electrons. The summed E-state index contributed by atoms with van der Waals surface area (Å²) in [6.45, 7) is 4.06. The summed E-state index contributed by atoms with van der Waals surface area (Å²) < 4.78 is 11.0. The van der Waals surface area contributed by atoms with Gasteiger partial charge in [-0.3, -0.25) is 4.79 Å². The average molecular weight is 497 g/mol. The topological polar surface area (TPSA) is 88.1 Å². The Labute approximate surface area is 210 Å². The van der Waals surface area contributed by atoms with Gasteiger partial charge >= 0.3 is 5.97 Å². The van der Waals surface area contributed by atoms with E-state index in [1.165, 1.54) is 18.2 Å². The van der Waals surface area contributed by atoms with E-state index in [4.69, 9.17) is 14.6 Å². The van der Waals surface area contributed by atoms with Crippen LogP contribution in [0.3, 0.4) is 0 Å². The summed E-state index contributed by atoms with van der Waals surface area (Å²) >= 11 is 1.53. The Kier molecular flexibility index (Phi) is 8.23. The van der Waals surface area contributed by atoms with Crippen LogP contribution < -0.4 is 14.8 Å². The summed E-state index contributed by atoms with van der Waals surface area (Å²) in [7, 11) is 0. The number of aliphatic carboxylic acids is 1. The summed E-state index contributed by atoms with van der Waals surface area (Å²) in [5.74, 6) is 0.244. The number of hydrogen-bond donors (Lipinski definition) is 2. The molecular weight excluding hydrogens is 464 g/mol. The Morgan fingerprint density at radius 2 is 1.91 bits per heavy atom. The van der Waals surface area contributed by atoms with E-state index in [2.05, 4.69) is 12.2 Å². The zero-order valence-electron chi connectivity index (χ0n) is 20.1. The van der Waals surface area contributed by atoms with Crippen molar-refractivity contribution in [3.63, 3.8) is 0 Å². The van der Waals surface area contributed by atoms with Crippen LogP contribution in [0.1, 0.15) is 45.1 Å². The maximum absolute atomic E-state index is 13.7. The first-order valence-corrected chi connectivity index (χ1v) is 13.0. The lowest BCUT2D eigenvalue weighted by Gasteiger charge is -2.39. The van der Waals surface area contributed by atoms with Gasteiger partial charge in [-0.25, -0.2) is 4.79 Å². The van der Waals surface area contributed by atoms with Gasteiger partial charge in [0.2, 0.25) is 0 Å². The van der Waals surface area contributed by atoms with Crippen LogP contribution in [0.5, 0.6) is 11.5 Å². The van der Waals surface area contributed by atoms with Crippen molar-refractivity contribution >= 4 is 35.4 Å². The fourth-order valence-electron chi connectivity index (χ4n) is 4.66. The molecule has 4 rings (SSSR count). The molecule has 1 aliphatic heterocycles. The van der Waals surface area contributed by atoms with E-state index in [9.17, 15) is 9.59 Å². The molecule has 2 N–H and O–H groups in total. The van der Waals surface area contributed by atoms with Crippen molar-refractivity contribution in [2.24, 2.45) is 5.92 Å². The highest BCUT2D eigenvalue weighted by atomic mass is 32.2. The van der Waals surface area contributed by atoms with Crippen LogP contribution in [-0.4, -0.2) is 46.6 Å². The predicted molar refractivity (Wildman–Crippen MR) is 138 cm³/mol. The third-order valence-corrected chi connectivity index (χ3v) is 7.46. The standard InChI is InChI=1S/C27H32N2O5S/c1-3-33-23-15-19(13-14-22(23)34-17-25(30)31)16-24-26(32)29(21-12-8-7-9-18(21)2)27(35-24)28-20-10-5-4-6-11-20/h4-6,10-11,13-16,18,21,27-28H,3,7-9,12,17H2,1-2H3,(H,30,31)/b24-16-/t18-,21-,27?/m1/s1. The van der Waals surface area contributed by atoms with Crippen molar-refractivity contribution in [3.05, 3.63) is 59.0 Å². The van der Waals surface area contributed by atoms with Crippen LogP contribution in [0.15, 0.2) is 53.4 Å². The molecule has 1 amide bonds. The zero-order chi connectivity index (χ0) is 24.8. The third-order valence-electron chi connectivity index (χ3n) is 6.34. The number of carbonyl (C=O) groups excluding carboxylic acids is 1. The van der Waals surface area contributed by atoms with Crippen molar-refractivity contribution in [2.75, 3.05) is 18.5 Å².